The minimum absolute atomic E-state index is 0.251. The molecule has 19 heavy (non-hydrogen) atoms. The summed E-state index contributed by atoms with van der Waals surface area (Å²) in [4.78, 5) is 6.27. The summed E-state index contributed by atoms with van der Waals surface area (Å²) in [6.07, 6.45) is 0. The van der Waals surface area contributed by atoms with Crippen molar-refractivity contribution < 1.29 is 4.39 Å². The first kappa shape index (κ1) is 14.1. The van der Waals surface area contributed by atoms with Gasteiger partial charge < -0.3 is 4.90 Å². The molecule has 1 aromatic heterocycles. The third-order valence-corrected chi connectivity index (χ3v) is 3.35. The molecular weight excluding hydrogens is 286 g/mol. The first-order valence-corrected chi connectivity index (χ1v) is 6.67. The van der Waals surface area contributed by atoms with Gasteiger partial charge in [-0.3, -0.25) is 0 Å². The SMILES string of the molecule is CCN(Cc1nc(Cl)ccc1Cl)c1ccc(F)cc1. The van der Waals surface area contributed by atoms with E-state index in [9.17, 15) is 4.39 Å². The molecule has 0 spiro atoms. The molecule has 0 fully saturated rings. The maximum Gasteiger partial charge on any atom is 0.129 e. The van der Waals surface area contributed by atoms with Gasteiger partial charge in [0.05, 0.1) is 17.3 Å². The fourth-order valence-electron chi connectivity index (χ4n) is 1.79. The Balaban J connectivity index is 2.23. The number of halogens is 3. The zero-order chi connectivity index (χ0) is 13.8. The monoisotopic (exact) mass is 298 g/mol. The van der Waals surface area contributed by atoms with Crippen molar-refractivity contribution in [1.29, 1.82) is 0 Å². The van der Waals surface area contributed by atoms with Crippen molar-refractivity contribution in [2.24, 2.45) is 0 Å². The molecule has 0 bridgehead atoms. The maximum absolute atomic E-state index is 12.9. The molecule has 0 N–H and O–H groups in total. The van der Waals surface area contributed by atoms with E-state index in [1.807, 2.05) is 11.8 Å². The lowest BCUT2D eigenvalue weighted by molar-refractivity contribution is 0.627. The second kappa shape index (κ2) is 6.22. The van der Waals surface area contributed by atoms with Gasteiger partial charge in [0.25, 0.3) is 0 Å². The van der Waals surface area contributed by atoms with Crippen LogP contribution < -0.4 is 4.90 Å². The topological polar surface area (TPSA) is 16.1 Å². The third-order valence-electron chi connectivity index (χ3n) is 2.80. The molecule has 0 saturated carbocycles. The number of hydrogen-bond donors (Lipinski definition) is 0. The first-order valence-electron chi connectivity index (χ1n) is 5.91. The summed E-state index contributed by atoms with van der Waals surface area (Å²) in [5.41, 5.74) is 1.63. The minimum Gasteiger partial charge on any atom is -0.366 e. The number of nitrogens with zero attached hydrogens (tertiary/aromatic N) is 2. The van der Waals surface area contributed by atoms with Crippen LogP contribution in [0.2, 0.25) is 10.2 Å². The van der Waals surface area contributed by atoms with Crippen molar-refractivity contribution in [3.8, 4) is 0 Å². The van der Waals surface area contributed by atoms with Gasteiger partial charge in [0.2, 0.25) is 0 Å². The van der Waals surface area contributed by atoms with Crippen LogP contribution in [-0.2, 0) is 6.54 Å². The molecule has 0 unspecified atom stereocenters. The lowest BCUT2D eigenvalue weighted by atomic mass is 10.2. The van der Waals surface area contributed by atoms with E-state index in [0.717, 1.165) is 12.2 Å². The fraction of sp³-hybridized carbons (Fsp3) is 0.214. The Morgan fingerprint density at radius 2 is 1.79 bits per heavy atom. The predicted octanol–water partition coefficient (Wildman–Crippen LogP) is 4.55. The second-order valence-electron chi connectivity index (χ2n) is 4.05. The second-order valence-corrected chi connectivity index (χ2v) is 4.85. The summed E-state index contributed by atoms with van der Waals surface area (Å²) in [5.74, 6) is -0.251. The van der Waals surface area contributed by atoms with Gasteiger partial charge in [-0.05, 0) is 43.3 Å². The highest BCUT2D eigenvalue weighted by Gasteiger charge is 2.10. The molecule has 0 radical (unpaired) electrons. The molecule has 5 heteroatoms. The summed E-state index contributed by atoms with van der Waals surface area (Å²) in [5, 5.41) is 0.986. The Labute approximate surface area is 121 Å². The quantitative estimate of drug-likeness (QED) is 0.770. The lowest BCUT2D eigenvalue weighted by Gasteiger charge is -2.23. The molecule has 0 aliphatic rings. The number of hydrogen-bond acceptors (Lipinski definition) is 2. The Morgan fingerprint density at radius 1 is 1.11 bits per heavy atom. The summed E-state index contributed by atoms with van der Waals surface area (Å²) in [7, 11) is 0. The van der Waals surface area contributed by atoms with Crippen molar-refractivity contribution in [2.75, 3.05) is 11.4 Å². The van der Waals surface area contributed by atoms with Crippen LogP contribution in [-0.4, -0.2) is 11.5 Å². The van der Waals surface area contributed by atoms with E-state index in [-0.39, 0.29) is 5.82 Å². The highest BCUT2D eigenvalue weighted by Crippen LogP contribution is 2.22. The number of benzene rings is 1. The van der Waals surface area contributed by atoms with Crippen LogP contribution in [0.5, 0.6) is 0 Å². The Kier molecular flexibility index (Phi) is 4.61. The molecule has 0 atom stereocenters. The van der Waals surface area contributed by atoms with Crippen LogP contribution in [0.15, 0.2) is 36.4 Å². The summed E-state index contributed by atoms with van der Waals surface area (Å²) in [6.45, 7) is 3.31. The van der Waals surface area contributed by atoms with Gasteiger partial charge in [0.15, 0.2) is 0 Å². The summed E-state index contributed by atoms with van der Waals surface area (Å²) in [6, 6.07) is 9.72. The molecule has 0 aliphatic heterocycles. The fourth-order valence-corrected chi connectivity index (χ4v) is 2.12. The van der Waals surface area contributed by atoms with Crippen molar-refractivity contribution >= 4 is 28.9 Å². The number of rotatable bonds is 4. The van der Waals surface area contributed by atoms with Gasteiger partial charge in [-0.2, -0.15) is 0 Å². The molecule has 0 saturated heterocycles. The predicted molar refractivity (Wildman–Crippen MR) is 77.4 cm³/mol. The van der Waals surface area contributed by atoms with Crippen molar-refractivity contribution in [3.63, 3.8) is 0 Å². The molecule has 0 aliphatic carbocycles. The van der Waals surface area contributed by atoms with Gasteiger partial charge in [-0.25, -0.2) is 9.37 Å². The van der Waals surface area contributed by atoms with E-state index in [0.29, 0.717) is 22.4 Å². The average molecular weight is 299 g/mol. The average Bonchev–Trinajstić information content (AvgIpc) is 2.41. The number of pyridine rings is 1. The molecular formula is C14H13Cl2FN2. The van der Waals surface area contributed by atoms with Gasteiger partial charge in [-0.15, -0.1) is 0 Å². The van der Waals surface area contributed by atoms with Gasteiger partial charge in [0.1, 0.15) is 11.0 Å². The third kappa shape index (κ3) is 3.58. The Bertz CT molecular complexity index is 558. The van der Waals surface area contributed by atoms with Gasteiger partial charge in [0, 0.05) is 12.2 Å². The smallest absolute Gasteiger partial charge is 0.129 e. The van der Waals surface area contributed by atoms with E-state index in [1.165, 1.54) is 12.1 Å². The van der Waals surface area contributed by atoms with E-state index in [4.69, 9.17) is 23.2 Å². The van der Waals surface area contributed by atoms with Crippen LogP contribution in [0, 0.1) is 5.82 Å². The number of aromatic nitrogens is 1. The molecule has 0 amide bonds. The standard InChI is InChI=1S/C14H13Cl2FN2/c1-2-19(11-5-3-10(17)4-6-11)9-13-12(15)7-8-14(16)18-13/h3-8H,2,9H2,1H3. The van der Waals surface area contributed by atoms with Crippen LogP contribution in [0.25, 0.3) is 0 Å². The minimum atomic E-state index is -0.251. The van der Waals surface area contributed by atoms with E-state index < -0.39 is 0 Å². The normalized spacial score (nSPS) is 10.5. The van der Waals surface area contributed by atoms with Crippen LogP contribution in [0.4, 0.5) is 10.1 Å². The molecule has 2 rings (SSSR count). The van der Waals surface area contributed by atoms with Crippen molar-refractivity contribution in [2.45, 2.75) is 13.5 Å². The highest BCUT2D eigenvalue weighted by molar-refractivity contribution is 6.32. The molecule has 100 valence electrons. The van der Waals surface area contributed by atoms with Crippen LogP contribution in [0.3, 0.4) is 0 Å². The zero-order valence-corrected chi connectivity index (χ0v) is 11.9. The molecule has 2 nitrogen and oxygen atoms in total. The number of anilines is 1. The van der Waals surface area contributed by atoms with Crippen LogP contribution in [0.1, 0.15) is 12.6 Å². The Hall–Kier alpha value is -1.32. The molecule has 1 aromatic carbocycles. The summed E-state index contributed by atoms with van der Waals surface area (Å²) >= 11 is 12.0. The molecule has 2 aromatic rings. The van der Waals surface area contributed by atoms with Crippen molar-refractivity contribution in [1.82, 2.24) is 4.98 Å². The largest absolute Gasteiger partial charge is 0.366 e. The highest BCUT2D eigenvalue weighted by atomic mass is 35.5. The zero-order valence-electron chi connectivity index (χ0n) is 10.4. The Morgan fingerprint density at radius 3 is 2.42 bits per heavy atom. The summed E-state index contributed by atoms with van der Waals surface area (Å²) < 4.78 is 12.9. The maximum atomic E-state index is 12.9. The van der Waals surface area contributed by atoms with E-state index in [2.05, 4.69) is 4.98 Å². The molecule has 1 heterocycles. The first-order chi connectivity index (χ1) is 9.10. The van der Waals surface area contributed by atoms with E-state index in [1.54, 1.807) is 24.3 Å². The van der Waals surface area contributed by atoms with Crippen molar-refractivity contribution in [3.05, 3.63) is 58.1 Å². The van der Waals surface area contributed by atoms with Gasteiger partial charge >= 0.3 is 0 Å². The lowest BCUT2D eigenvalue weighted by Crippen LogP contribution is -2.22. The van der Waals surface area contributed by atoms with Gasteiger partial charge in [-0.1, -0.05) is 23.2 Å². The van der Waals surface area contributed by atoms with Crippen LogP contribution >= 0.6 is 23.2 Å². The van der Waals surface area contributed by atoms with E-state index >= 15 is 0 Å².